The lowest BCUT2D eigenvalue weighted by atomic mass is 9.77. The van der Waals surface area contributed by atoms with Gasteiger partial charge in [0.2, 0.25) is 0 Å². The summed E-state index contributed by atoms with van der Waals surface area (Å²) in [5.41, 5.74) is 8.93. The number of amides is 2. The first-order valence-corrected chi connectivity index (χ1v) is 14.4. The topological polar surface area (TPSA) is 37.4 Å². The first-order valence-electron chi connectivity index (χ1n) is 14.4. The number of rotatable bonds is 3. The first-order chi connectivity index (χ1) is 20.6. The van der Waals surface area contributed by atoms with E-state index in [2.05, 4.69) is 85.8 Å². The second-order valence-electron chi connectivity index (χ2n) is 11.3. The van der Waals surface area contributed by atoms with Crippen molar-refractivity contribution in [3.63, 3.8) is 0 Å². The van der Waals surface area contributed by atoms with Crippen molar-refractivity contribution in [2.75, 3.05) is 4.90 Å². The maximum atomic E-state index is 13.8. The van der Waals surface area contributed by atoms with E-state index in [1.807, 2.05) is 36.4 Å². The molecule has 0 bridgehead atoms. The second kappa shape index (κ2) is 9.39. The van der Waals surface area contributed by atoms with E-state index in [0.717, 1.165) is 33.7 Å². The minimum atomic E-state index is -0.290. The van der Waals surface area contributed by atoms with Crippen LogP contribution in [0.25, 0.3) is 49.9 Å². The summed E-state index contributed by atoms with van der Waals surface area (Å²) in [6, 6.07) is 38.3. The van der Waals surface area contributed by atoms with Crippen LogP contribution < -0.4 is 4.90 Å². The molecule has 1 heterocycles. The lowest BCUT2D eigenvalue weighted by molar-refractivity contribution is 0.0893. The molecule has 2 amide bonds. The molecule has 42 heavy (non-hydrogen) atoms. The molecule has 6 aromatic carbocycles. The quantitative estimate of drug-likeness (QED) is 0.209. The fraction of sp³-hybridized carbons (Fsp3) is 0.0769. The van der Waals surface area contributed by atoms with Crippen molar-refractivity contribution in [2.24, 2.45) is 5.92 Å². The molecular formula is C39H27NO2. The normalized spacial score (nSPS) is 15.8. The zero-order valence-corrected chi connectivity index (χ0v) is 23.2. The van der Waals surface area contributed by atoms with Crippen LogP contribution in [0.2, 0.25) is 0 Å². The third-order valence-corrected chi connectivity index (χ3v) is 8.73. The number of allylic oxidation sites excluding steroid dienone is 1. The number of nitrogens with zero attached hydrogens (tertiary/aromatic N) is 1. The third kappa shape index (κ3) is 3.53. The highest BCUT2D eigenvalue weighted by molar-refractivity contribution is 6.36. The molecule has 0 N–H and O–H groups in total. The highest BCUT2D eigenvalue weighted by Gasteiger charge is 2.35. The molecule has 1 aliphatic heterocycles. The second-order valence-corrected chi connectivity index (χ2v) is 11.3. The zero-order chi connectivity index (χ0) is 28.4. The van der Waals surface area contributed by atoms with Crippen molar-refractivity contribution in [1.82, 2.24) is 0 Å². The maximum Gasteiger partial charge on any atom is 0.265 e. The first kappa shape index (κ1) is 24.5. The van der Waals surface area contributed by atoms with Gasteiger partial charge < -0.3 is 0 Å². The highest BCUT2D eigenvalue weighted by Crippen LogP contribution is 2.47. The maximum absolute atomic E-state index is 13.8. The summed E-state index contributed by atoms with van der Waals surface area (Å²) < 4.78 is 0. The predicted molar refractivity (Wildman–Crippen MR) is 172 cm³/mol. The van der Waals surface area contributed by atoms with E-state index in [1.165, 1.54) is 32.5 Å². The van der Waals surface area contributed by atoms with Gasteiger partial charge in [0.25, 0.3) is 11.8 Å². The molecule has 6 aromatic rings. The minimum absolute atomic E-state index is 0.290. The molecule has 0 saturated carbocycles. The number of benzene rings is 6. The minimum Gasteiger partial charge on any atom is -0.268 e. The number of para-hydroxylation sites is 1. The van der Waals surface area contributed by atoms with Gasteiger partial charge in [-0.2, -0.15) is 0 Å². The molecule has 2 aliphatic rings. The van der Waals surface area contributed by atoms with Gasteiger partial charge in [0.1, 0.15) is 0 Å². The SMILES string of the molecule is CC1C=Cc2c(c(-c3ccccc3)c3ccccc3c2-c2ccc3c4c(cccc24)C(=O)N(c2ccccc2)C3=O)C1. The van der Waals surface area contributed by atoms with Gasteiger partial charge in [-0.15, -0.1) is 0 Å². The number of hydrogen-bond acceptors (Lipinski definition) is 2. The van der Waals surface area contributed by atoms with E-state index in [9.17, 15) is 9.59 Å². The van der Waals surface area contributed by atoms with Crippen LogP contribution in [0.5, 0.6) is 0 Å². The predicted octanol–water partition coefficient (Wildman–Crippen LogP) is 9.33. The molecule has 0 saturated heterocycles. The van der Waals surface area contributed by atoms with E-state index in [-0.39, 0.29) is 11.8 Å². The van der Waals surface area contributed by atoms with Gasteiger partial charge in [-0.05, 0) is 86.1 Å². The Morgan fingerprint density at radius 2 is 1.19 bits per heavy atom. The number of carbonyl (C=O) groups is 2. The van der Waals surface area contributed by atoms with Gasteiger partial charge in [-0.1, -0.05) is 110 Å². The Morgan fingerprint density at radius 3 is 1.93 bits per heavy atom. The van der Waals surface area contributed by atoms with Crippen LogP contribution in [0, 0.1) is 5.92 Å². The molecule has 1 unspecified atom stereocenters. The molecule has 0 radical (unpaired) electrons. The van der Waals surface area contributed by atoms with Gasteiger partial charge in [0, 0.05) is 16.5 Å². The van der Waals surface area contributed by atoms with Crippen LogP contribution in [0.1, 0.15) is 38.8 Å². The molecule has 0 fully saturated rings. The average molecular weight is 542 g/mol. The fourth-order valence-corrected chi connectivity index (χ4v) is 6.91. The summed E-state index contributed by atoms with van der Waals surface area (Å²) >= 11 is 0. The standard InChI is InChI=1S/C39H27NO2/c1-24-19-20-31-34(23-24)35(25-11-4-2-5-12-25)27-15-8-9-16-28(27)36(31)30-21-22-33-37-29(30)17-10-18-32(37)38(41)40(39(33)42)26-13-6-3-7-14-26/h2-22,24H,23H2,1H3. The Balaban J connectivity index is 1.44. The average Bonchev–Trinajstić information content (AvgIpc) is 3.03. The Hall–Kier alpha value is -5.28. The van der Waals surface area contributed by atoms with Crippen LogP contribution >= 0.6 is 0 Å². The van der Waals surface area contributed by atoms with Crippen molar-refractivity contribution in [3.05, 3.63) is 144 Å². The lowest BCUT2D eigenvalue weighted by Gasteiger charge is -2.29. The number of imide groups is 1. The van der Waals surface area contributed by atoms with Crippen LogP contribution in [0.15, 0.2) is 121 Å². The number of fused-ring (bicyclic) bond motifs is 2. The largest absolute Gasteiger partial charge is 0.268 e. The number of hydrogen-bond donors (Lipinski definition) is 0. The Bertz CT molecular complexity index is 2090. The molecule has 3 nitrogen and oxygen atoms in total. The van der Waals surface area contributed by atoms with E-state index in [4.69, 9.17) is 0 Å². The van der Waals surface area contributed by atoms with Crippen LogP contribution in [-0.4, -0.2) is 11.8 Å². The monoisotopic (exact) mass is 541 g/mol. The molecule has 3 heteroatoms. The van der Waals surface area contributed by atoms with Crippen molar-refractivity contribution in [2.45, 2.75) is 13.3 Å². The Labute approximate surface area is 244 Å². The van der Waals surface area contributed by atoms with Crippen molar-refractivity contribution in [1.29, 1.82) is 0 Å². The molecule has 0 spiro atoms. The molecule has 8 rings (SSSR count). The van der Waals surface area contributed by atoms with E-state index >= 15 is 0 Å². The number of anilines is 1. The van der Waals surface area contributed by atoms with E-state index < -0.39 is 0 Å². The summed E-state index contributed by atoms with van der Waals surface area (Å²) in [5, 5.41) is 4.03. The lowest BCUT2D eigenvalue weighted by Crippen LogP contribution is -2.40. The van der Waals surface area contributed by atoms with Crippen LogP contribution in [0.4, 0.5) is 5.69 Å². The van der Waals surface area contributed by atoms with E-state index in [1.54, 1.807) is 12.1 Å². The molecule has 1 atom stereocenters. The summed E-state index contributed by atoms with van der Waals surface area (Å²) in [5.74, 6) is -0.160. The molecule has 200 valence electrons. The Kier molecular flexibility index (Phi) is 5.48. The number of carbonyl (C=O) groups excluding carboxylic acids is 2. The summed E-state index contributed by atoms with van der Waals surface area (Å²) in [6.45, 7) is 2.27. The van der Waals surface area contributed by atoms with Crippen molar-refractivity contribution < 1.29 is 9.59 Å². The van der Waals surface area contributed by atoms with Gasteiger partial charge >= 0.3 is 0 Å². The molecule has 1 aliphatic carbocycles. The van der Waals surface area contributed by atoms with Gasteiger partial charge in [-0.25, -0.2) is 4.90 Å². The van der Waals surface area contributed by atoms with Crippen molar-refractivity contribution in [3.8, 4) is 22.3 Å². The Morgan fingerprint density at radius 1 is 0.595 bits per heavy atom. The van der Waals surface area contributed by atoms with E-state index in [0.29, 0.717) is 22.7 Å². The zero-order valence-electron chi connectivity index (χ0n) is 23.2. The summed E-state index contributed by atoms with van der Waals surface area (Å²) in [4.78, 5) is 29.0. The third-order valence-electron chi connectivity index (χ3n) is 8.73. The van der Waals surface area contributed by atoms with Crippen LogP contribution in [-0.2, 0) is 6.42 Å². The van der Waals surface area contributed by atoms with Crippen LogP contribution in [0.3, 0.4) is 0 Å². The van der Waals surface area contributed by atoms with Crippen molar-refractivity contribution >= 4 is 45.1 Å². The van der Waals surface area contributed by atoms with Gasteiger partial charge in [-0.3, -0.25) is 9.59 Å². The smallest absolute Gasteiger partial charge is 0.265 e. The van der Waals surface area contributed by atoms with Gasteiger partial charge in [0.15, 0.2) is 0 Å². The fourth-order valence-electron chi connectivity index (χ4n) is 6.91. The summed E-state index contributed by atoms with van der Waals surface area (Å²) in [6.07, 6.45) is 5.52. The van der Waals surface area contributed by atoms with Gasteiger partial charge in [0.05, 0.1) is 5.69 Å². The molecule has 0 aromatic heterocycles. The highest BCUT2D eigenvalue weighted by atomic mass is 16.2. The molecular weight excluding hydrogens is 514 g/mol. The summed E-state index contributed by atoms with van der Waals surface area (Å²) in [7, 11) is 0.